The van der Waals surface area contributed by atoms with Crippen molar-refractivity contribution in [3.8, 4) is 11.5 Å². The number of esters is 1. The molecule has 0 saturated carbocycles. The molecule has 26 heavy (non-hydrogen) atoms. The van der Waals surface area contributed by atoms with Crippen molar-refractivity contribution in [3.63, 3.8) is 0 Å². The van der Waals surface area contributed by atoms with Crippen molar-refractivity contribution in [1.29, 1.82) is 0 Å². The van der Waals surface area contributed by atoms with Gasteiger partial charge in [0.1, 0.15) is 11.5 Å². The fraction of sp³-hybridized carbons (Fsp3) is 0.318. The number of hydrogen-bond acceptors (Lipinski definition) is 4. The minimum atomic E-state index is -0.401. The minimum Gasteiger partial charge on any atom is -0.465 e. The Labute approximate surface area is 154 Å². The van der Waals surface area contributed by atoms with Gasteiger partial charge in [0, 0.05) is 12.5 Å². The zero-order valence-electron chi connectivity index (χ0n) is 14.9. The van der Waals surface area contributed by atoms with Crippen molar-refractivity contribution in [3.05, 3.63) is 65.7 Å². The van der Waals surface area contributed by atoms with Gasteiger partial charge in [-0.15, -0.1) is 0 Å². The van der Waals surface area contributed by atoms with Crippen LogP contribution in [0.1, 0.15) is 37.3 Å². The van der Waals surface area contributed by atoms with E-state index in [1.807, 2.05) is 37.3 Å². The third kappa shape index (κ3) is 5.20. The predicted octanol–water partition coefficient (Wildman–Crippen LogP) is 4.57. The second kappa shape index (κ2) is 9.20. The summed E-state index contributed by atoms with van der Waals surface area (Å²) in [6.45, 7) is 2.77. The molecule has 0 amide bonds. The van der Waals surface area contributed by atoms with Crippen LogP contribution in [0.5, 0.6) is 11.5 Å². The molecule has 1 aliphatic heterocycles. The Bertz CT molecular complexity index is 743. The van der Waals surface area contributed by atoms with Crippen molar-refractivity contribution in [2.24, 2.45) is 0 Å². The predicted molar refractivity (Wildman–Crippen MR) is 100.0 cm³/mol. The number of benzene rings is 2. The fourth-order valence-corrected chi connectivity index (χ4v) is 2.75. The molecule has 4 heteroatoms. The number of carbonyl (C=O) groups excluding carboxylic acids is 1. The van der Waals surface area contributed by atoms with E-state index >= 15 is 0 Å². The van der Waals surface area contributed by atoms with Gasteiger partial charge in [0.15, 0.2) is 6.29 Å². The average molecular weight is 351 g/mol. The summed E-state index contributed by atoms with van der Waals surface area (Å²) in [5.41, 5.74) is 1.86. The Morgan fingerprint density at radius 2 is 2.12 bits per heavy atom. The summed E-state index contributed by atoms with van der Waals surface area (Å²) >= 11 is 0. The molecule has 4 nitrogen and oxygen atoms in total. The molecule has 1 heterocycles. The summed E-state index contributed by atoms with van der Waals surface area (Å²) in [6, 6.07) is 15.9. The van der Waals surface area contributed by atoms with E-state index in [0.29, 0.717) is 5.75 Å². The standard InChI is InChI=1S/C22H23O4/c1-2-18-7-3-4-8-20(18)26-21(23)15-12-17-10-13-19(14-11-17)25-22-9-5-6-16-24-22/h4,7-8,10-15,22H,2,5-6,9,16H2,1H3/b15-12+. The Morgan fingerprint density at radius 1 is 1.27 bits per heavy atom. The van der Waals surface area contributed by atoms with Gasteiger partial charge in [0.25, 0.3) is 0 Å². The van der Waals surface area contributed by atoms with E-state index in [-0.39, 0.29) is 6.29 Å². The first-order valence-electron chi connectivity index (χ1n) is 9.02. The largest absolute Gasteiger partial charge is 0.465 e. The summed E-state index contributed by atoms with van der Waals surface area (Å²) in [6.07, 6.45) is 6.93. The molecule has 2 aromatic carbocycles. The molecular formula is C22H23O4. The van der Waals surface area contributed by atoms with Gasteiger partial charge >= 0.3 is 5.97 Å². The summed E-state index contributed by atoms with van der Waals surface area (Å²) in [7, 11) is 0. The number of hydrogen-bond donors (Lipinski definition) is 0. The highest BCUT2D eigenvalue weighted by molar-refractivity contribution is 5.88. The van der Waals surface area contributed by atoms with Gasteiger partial charge in [-0.3, -0.25) is 0 Å². The Kier molecular flexibility index (Phi) is 6.45. The first-order valence-corrected chi connectivity index (χ1v) is 9.02. The van der Waals surface area contributed by atoms with Crippen LogP contribution in [0.25, 0.3) is 6.08 Å². The van der Waals surface area contributed by atoms with Crippen LogP contribution in [0.3, 0.4) is 0 Å². The maximum absolute atomic E-state index is 12.0. The lowest BCUT2D eigenvalue weighted by Crippen LogP contribution is -2.24. The molecule has 0 aliphatic carbocycles. The van der Waals surface area contributed by atoms with Crippen LogP contribution in [0, 0.1) is 6.07 Å². The average Bonchev–Trinajstić information content (AvgIpc) is 2.69. The van der Waals surface area contributed by atoms with Crippen LogP contribution in [-0.4, -0.2) is 18.9 Å². The van der Waals surface area contributed by atoms with Crippen LogP contribution in [0.4, 0.5) is 0 Å². The van der Waals surface area contributed by atoms with Crippen molar-refractivity contribution in [2.45, 2.75) is 38.9 Å². The second-order valence-corrected chi connectivity index (χ2v) is 6.12. The van der Waals surface area contributed by atoms with Crippen LogP contribution in [0.15, 0.2) is 48.5 Å². The maximum atomic E-state index is 12.0. The molecule has 1 saturated heterocycles. The molecule has 1 fully saturated rings. The summed E-state index contributed by atoms with van der Waals surface area (Å²) in [4.78, 5) is 12.0. The zero-order valence-corrected chi connectivity index (χ0v) is 14.9. The molecule has 0 spiro atoms. The third-order valence-electron chi connectivity index (χ3n) is 4.19. The van der Waals surface area contributed by atoms with E-state index in [4.69, 9.17) is 14.2 Å². The van der Waals surface area contributed by atoms with Gasteiger partial charge in [0.05, 0.1) is 6.61 Å². The van der Waals surface area contributed by atoms with Crippen molar-refractivity contribution in [1.82, 2.24) is 0 Å². The number of carbonyl (C=O) groups is 1. The Morgan fingerprint density at radius 3 is 2.85 bits per heavy atom. The van der Waals surface area contributed by atoms with Gasteiger partial charge in [-0.05, 0) is 66.8 Å². The first kappa shape index (κ1) is 18.2. The highest BCUT2D eigenvalue weighted by Crippen LogP contribution is 2.21. The van der Waals surface area contributed by atoms with E-state index in [0.717, 1.165) is 49.2 Å². The smallest absolute Gasteiger partial charge is 0.336 e. The summed E-state index contributed by atoms with van der Waals surface area (Å²) in [5, 5.41) is 0. The highest BCUT2D eigenvalue weighted by atomic mass is 16.7. The topological polar surface area (TPSA) is 44.8 Å². The van der Waals surface area contributed by atoms with E-state index in [2.05, 4.69) is 6.07 Å². The number of rotatable bonds is 6. The lowest BCUT2D eigenvalue weighted by atomic mass is 10.1. The molecule has 1 atom stereocenters. The van der Waals surface area contributed by atoms with Gasteiger partial charge in [-0.25, -0.2) is 4.79 Å². The van der Waals surface area contributed by atoms with Gasteiger partial charge in [-0.2, -0.15) is 0 Å². The van der Waals surface area contributed by atoms with Crippen molar-refractivity contribution in [2.75, 3.05) is 6.61 Å². The molecule has 2 aromatic rings. The van der Waals surface area contributed by atoms with Gasteiger partial charge in [-0.1, -0.05) is 25.1 Å². The normalized spacial score (nSPS) is 17.2. The number of ether oxygens (including phenoxy) is 3. The van der Waals surface area contributed by atoms with Crippen LogP contribution in [-0.2, 0) is 16.0 Å². The number of aryl methyl sites for hydroxylation is 1. The van der Waals surface area contributed by atoms with E-state index in [1.165, 1.54) is 6.08 Å². The molecule has 135 valence electrons. The van der Waals surface area contributed by atoms with Crippen LogP contribution < -0.4 is 9.47 Å². The lowest BCUT2D eigenvalue weighted by Gasteiger charge is -2.23. The summed E-state index contributed by atoms with van der Waals surface area (Å²) in [5.74, 6) is 0.948. The minimum absolute atomic E-state index is 0.156. The van der Waals surface area contributed by atoms with Crippen molar-refractivity contribution >= 4 is 12.0 Å². The Balaban J connectivity index is 1.55. The van der Waals surface area contributed by atoms with Crippen LogP contribution in [0.2, 0.25) is 0 Å². The molecular weight excluding hydrogens is 328 g/mol. The van der Waals surface area contributed by atoms with Gasteiger partial charge < -0.3 is 14.2 Å². The zero-order chi connectivity index (χ0) is 18.2. The molecule has 0 N–H and O–H groups in total. The molecule has 1 unspecified atom stereocenters. The Hall–Kier alpha value is -2.59. The highest BCUT2D eigenvalue weighted by Gasteiger charge is 2.14. The fourth-order valence-electron chi connectivity index (χ4n) is 2.75. The van der Waals surface area contributed by atoms with E-state index in [9.17, 15) is 4.79 Å². The summed E-state index contributed by atoms with van der Waals surface area (Å²) < 4.78 is 16.8. The third-order valence-corrected chi connectivity index (χ3v) is 4.19. The molecule has 0 bridgehead atoms. The van der Waals surface area contributed by atoms with E-state index in [1.54, 1.807) is 18.2 Å². The lowest BCUT2D eigenvalue weighted by molar-refractivity contribution is -0.128. The van der Waals surface area contributed by atoms with Gasteiger partial charge in [0.2, 0.25) is 0 Å². The molecule has 0 aromatic heterocycles. The molecule has 1 radical (unpaired) electrons. The monoisotopic (exact) mass is 351 g/mol. The second-order valence-electron chi connectivity index (χ2n) is 6.12. The molecule has 3 rings (SSSR count). The van der Waals surface area contributed by atoms with Crippen molar-refractivity contribution < 1.29 is 19.0 Å². The molecule has 1 aliphatic rings. The van der Waals surface area contributed by atoms with E-state index < -0.39 is 5.97 Å². The quantitative estimate of drug-likeness (QED) is 0.434. The maximum Gasteiger partial charge on any atom is 0.336 e. The van der Waals surface area contributed by atoms with Crippen LogP contribution >= 0.6 is 0 Å². The SMILES string of the molecule is CCc1c[c]ccc1OC(=O)/C=C/c1ccc(OC2CCCCO2)cc1. The first-order chi connectivity index (χ1) is 12.7.